The number of aromatic amines is 2. The topological polar surface area (TPSA) is 169 Å². The van der Waals surface area contributed by atoms with Gasteiger partial charge in [-0.05, 0) is 70.5 Å². The third kappa shape index (κ3) is 5.72. The number of rotatable bonds is 7. The van der Waals surface area contributed by atoms with Gasteiger partial charge in [0.2, 0.25) is 17.7 Å². The number of piperidine rings is 1. The van der Waals surface area contributed by atoms with Crippen molar-refractivity contribution < 1.29 is 9.90 Å². The molecule has 0 bridgehead atoms. The molecule has 6 rings (SSSR count). The first kappa shape index (κ1) is 24.6. The molecule has 2 saturated carbocycles. The van der Waals surface area contributed by atoms with Crippen LogP contribution in [0.5, 0.6) is 5.88 Å². The third-order valence-corrected chi connectivity index (χ3v) is 7.50. The van der Waals surface area contributed by atoms with E-state index in [-0.39, 0.29) is 35.6 Å². The smallest absolute Gasteiger partial charge is 0.326 e. The second kappa shape index (κ2) is 10.6. The summed E-state index contributed by atoms with van der Waals surface area (Å²) in [7, 11) is 0. The lowest BCUT2D eigenvalue weighted by Gasteiger charge is -2.31. The van der Waals surface area contributed by atoms with E-state index < -0.39 is 5.69 Å². The van der Waals surface area contributed by atoms with E-state index in [0.717, 1.165) is 51.6 Å². The summed E-state index contributed by atoms with van der Waals surface area (Å²) in [6, 6.07) is 0.620. The van der Waals surface area contributed by atoms with Crippen molar-refractivity contribution in [3.05, 3.63) is 33.2 Å². The van der Waals surface area contributed by atoms with Crippen LogP contribution in [-0.2, 0) is 4.79 Å². The van der Waals surface area contributed by atoms with Crippen LogP contribution in [0.4, 0.5) is 5.95 Å². The fourth-order valence-corrected chi connectivity index (χ4v) is 5.30. The Labute approximate surface area is 218 Å². The summed E-state index contributed by atoms with van der Waals surface area (Å²) in [6.07, 6.45) is 12.5. The Balaban J connectivity index is 1.15. The molecule has 1 amide bonds. The summed E-state index contributed by atoms with van der Waals surface area (Å²) < 4.78 is 1.59. The number of nitrogens with zero attached hydrogens (tertiary/aromatic N) is 6. The summed E-state index contributed by atoms with van der Waals surface area (Å²) in [5.74, 6) is 0.351. The Kier molecular flexibility index (Phi) is 6.83. The zero-order valence-corrected chi connectivity index (χ0v) is 21.3. The molecule has 13 heteroatoms. The molecule has 4 heterocycles. The van der Waals surface area contributed by atoms with Gasteiger partial charge in [0.05, 0.1) is 18.8 Å². The van der Waals surface area contributed by atoms with Crippen LogP contribution in [0.2, 0.25) is 0 Å². The molecule has 1 saturated heterocycles. The summed E-state index contributed by atoms with van der Waals surface area (Å²) in [4.78, 5) is 45.3. The van der Waals surface area contributed by atoms with Gasteiger partial charge < -0.3 is 20.7 Å². The zero-order valence-electron chi connectivity index (χ0n) is 21.3. The molecule has 3 aliphatic rings. The van der Waals surface area contributed by atoms with Crippen LogP contribution in [0, 0.1) is 0 Å². The lowest BCUT2D eigenvalue weighted by atomic mass is 9.91. The fraction of sp³-hybridized carbons (Fsp3) is 0.600. The van der Waals surface area contributed by atoms with E-state index in [9.17, 15) is 14.7 Å². The molecule has 0 spiro atoms. The quantitative estimate of drug-likeness (QED) is 0.284. The maximum Gasteiger partial charge on any atom is 0.326 e. The molecule has 0 aromatic carbocycles. The molecule has 202 valence electrons. The molecule has 3 fully saturated rings. The van der Waals surface area contributed by atoms with E-state index in [2.05, 4.69) is 35.6 Å². The number of anilines is 1. The van der Waals surface area contributed by atoms with E-state index in [1.807, 2.05) is 0 Å². The van der Waals surface area contributed by atoms with Crippen molar-refractivity contribution in [2.24, 2.45) is 4.99 Å². The molecule has 3 aromatic rings. The highest BCUT2D eigenvalue weighted by molar-refractivity contribution is 5.78. The van der Waals surface area contributed by atoms with Crippen LogP contribution >= 0.6 is 0 Å². The van der Waals surface area contributed by atoms with Crippen molar-refractivity contribution in [1.82, 2.24) is 39.8 Å². The third-order valence-electron chi connectivity index (χ3n) is 7.50. The molecular formula is C25H34N10O3. The minimum absolute atomic E-state index is 0.128. The van der Waals surface area contributed by atoms with E-state index in [4.69, 9.17) is 9.98 Å². The maximum atomic E-state index is 12.5. The molecule has 3 aromatic heterocycles. The lowest BCUT2D eigenvalue weighted by molar-refractivity contribution is -0.123. The van der Waals surface area contributed by atoms with Crippen LogP contribution in [-0.4, -0.2) is 83.2 Å². The first-order chi connectivity index (χ1) is 18.5. The van der Waals surface area contributed by atoms with Crippen LogP contribution in [0.3, 0.4) is 0 Å². The number of fused-ring (bicyclic) bond motifs is 1. The number of hydrogen-bond donors (Lipinski definition) is 5. The van der Waals surface area contributed by atoms with Gasteiger partial charge in [-0.2, -0.15) is 19.6 Å². The van der Waals surface area contributed by atoms with Crippen LogP contribution in [0.25, 0.3) is 11.7 Å². The van der Waals surface area contributed by atoms with Gasteiger partial charge in [0.15, 0.2) is 5.65 Å². The number of aromatic hydroxyl groups is 1. The standard InChI is InChI=1S/C25H34N10O3/c36-20(14-34-10-2-1-3-11-34)27-16-4-6-17(7-5-16)28-23-31-21-15(12-19-22(37)32-25(38)30-19)13-26-35(21)24(33-23)29-18-8-9-18/h12-13,16-18,37H,1-11,14H2,(H,27,36)(H,28,29,33)(H2,30,32,38). The Hall–Kier alpha value is -3.74. The van der Waals surface area contributed by atoms with Gasteiger partial charge in [-0.1, -0.05) is 6.42 Å². The normalized spacial score (nSPS) is 23.7. The second-order valence-electron chi connectivity index (χ2n) is 10.6. The van der Waals surface area contributed by atoms with Crippen LogP contribution < -0.4 is 27.2 Å². The monoisotopic (exact) mass is 522 g/mol. The zero-order chi connectivity index (χ0) is 26.1. The molecule has 5 N–H and O–H groups in total. The Morgan fingerprint density at radius 3 is 2.55 bits per heavy atom. The number of amides is 1. The van der Waals surface area contributed by atoms with Gasteiger partial charge in [0.1, 0.15) is 5.69 Å². The average Bonchev–Trinajstić information content (AvgIpc) is 3.54. The average molecular weight is 523 g/mol. The van der Waals surface area contributed by atoms with Crippen molar-refractivity contribution in [2.75, 3.05) is 25.0 Å². The number of hydrogen-bond acceptors (Lipinski definition) is 9. The van der Waals surface area contributed by atoms with Gasteiger partial charge in [0, 0.05) is 17.3 Å². The van der Waals surface area contributed by atoms with E-state index >= 15 is 0 Å². The molecule has 13 nitrogen and oxygen atoms in total. The molecule has 0 unspecified atom stereocenters. The largest absolute Gasteiger partial charge is 0.493 e. The number of likely N-dealkylation sites (tertiary alicyclic amines) is 1. The summed E-state index contributed by atoms with van der Waals surface area (Å²) in [6.45, 7) is 2.53. The van der Waals surface area contributed by atoms with E-state index in [0.29, 0.717) is 29.0 Å². The lowest BCUT2D eigenvalue weighted by Crippen LogP contribution is -2.45. The number of imidazole rings is 1. The molecule has 0 atom stereocenters. The number of aromatic nitrogens is 6. The highest BCUT2D eigenvalue weighted by Crippen LogP contribution is 2.23. The number of nitrogens with one attached hydrogen (secondary N) is 4. The summed E-state index contributed by atoms with van der Waals surface area (Å²) in [5.41, 5.74) is 0.761. The predicted octanol–water partition coefficient (Wildman–Crippen LogP) is -0.218. The van der Waals surface area contributed by atoms with E-state index in [1.54, 1.807) is 16.8 Å². The first-order valence-corrected chi connectivity index (χ1v) is 13.6. The number of carbonyl (C=O) groups excluding carboxylic acids is 1. The van der Waals surface area contributed by atoms with Gasteiger partial charge in [-0.3, -0.25) is 14.7 Å². The first-order valence-electron chi connectivity index (χ1n) is 13.6. The minimum atomic E-state index is -0.495. The van der Waals surface area contributed by atoms with Gasteiger partial charge in [-0.25, -0.2) is 9.79 Å². The Bertz CT molecular complexity index is 1470. The highest BCUT2D eigenvalue weighted by atomic mass is 16.3. The fourth-order valence-electron chi connectivity index (χ4n) is 5.30. The Morgan fingerprint density at radius 2 is 1.84 bits per heavy atom. The number of H-pyrrole nitrogens is 2. The van der Waals surface area contributed by atoms with Crippen LogP contribution in [0.1, 0.15) is 63.5 Å². The Morgan fingerprint density at radius 1 is 1.08 bits per heavy atom. The molecule has 1 aliphatic heterocycles. The summed E-state index contributed by atoms with van der Waals surface area (Å²) in [5, 5.41) is 21.7. The predicted molar refractivity (Wildman–Crippen MR) is 139 cm³/mol. The summed E-state index contributed by atoms with van der Waals surface area (Å²) >= 11 is 0. The van der Waals surface area contributed by atoms with Crippen molar-refractivity contribution in [1.29, 1.82) is 0 Å². The minimum Gasteiger partial charge on any atom is -0.493 e. The second-order valence-corrected chi connectivity index (χ2v) is 10.6. The van der Waals surface area contributed by atoms with Crippen molar-refractivity contribution >= 4 is 23.6 Å². The molecule has 38 heavy (non-hydrogen) atoms. The maximum absolute atomic E-state index is 12.5. The molecule has 2 aliphatic carbocycles. The molecular weight excluding hydrogens is 488 g/mol. The highest BCUT2D eigenvalue weighted by Gasteiger charge is 2.25. The SMILES string of the molecule is O=C(CN1CCCCC1)NC1CCC(Nc2nc(=NC3CC3)n3ncc(=Cc4[nH]c(=O)[nH]c4O)c3n2)CC1. The van der Waals surface area contributed by atoms with Gasteiger partial charge >= 0.3 is 5.69 Å². The van der Waals surface area contributed by atoms with Crippen LogP contribution in [0.15, 0.2) is 16.0 Å². The van der Waals surface area contributed by atoms with Crippen molar-refractivity contribution in [2.45, 2.75) is 75.9 Å². The van der Waals surface area contributed by atoms with Crippen molar-refractivity contribution in [3.63, 3.8) is 0 Å². The van der Waals surface area contributed by atoms with Gasteiger partial charge in [0.25, 0.3) is 5.62 Å². The van der Waals surface area contributed by atoms with Gasteiger partial charge in [-0.15, -0.1) is 0 Å². The van der Waals surface area contributed by atoms with Crippen molar-refractivity contribution in [3.8, 4) is 5.88 Å². The van der Waals surface area contributed by atoms with E-state index in [1.165, 1.54) is 19.3 Å². The number of carbonyl (C=O) groups is 1. The molecule has 0 radical (unpaired) electrons.